The number of halogens is 3. The smallest absolute Gasteiger partial charge is 0.337 e. The molecule has 2 fully saturated rings. The van der Waals surface area contributed by atoms with Crippen molar-refractivity contribution in [1.29, 1.82) is 0 Å². The van der Waals surface area contributed by atoms with Crippen molar-refractivity contribution in [3.05, 3.63) is 77.4 Å². The zero-order valence-electron chi connectivity index (χ0n) is 25.2. The molecule has 8 nitrogen and oxygen atoms in total. The Morgan fingerprint density at radius 1 is 1.00 bits per heavy atom. The van der Waals surface area contributed by atoms with Crippen LogP contribution in [-0.4, -0.2) is 63.0 Å². The quantitative estimate of drug-likeness (QED) is 0.337. The van der Waals surface area contributed by atoms with Gasteiger partial charge < -0.3 is 14.8 Å². The minimum Gasteiger partial charge on any atom is -0.337 e. The number of urea groups is 1. The van der Waals surface area contributed by atoms with Gasteiger partial charge in [0.1, 0.15) is 5.82 Å². The van der Waals surface area contributed by atoms with E-state index in [1.54, 1.807) is 11.8 Å². The SMILES string of the molecule is CC(=O)N1CCc2c(nc(C)n2C2C[C@@H]3CC[C@@H](C2)N3CCCN(C(=O)Nc2ccc(C(F)(F)F)cc2)c2ccccc2)C1. The highest BCUT2D eigenvalue weighted by Crippen LogP contribution is 2.42. The van der Waals surface area contributed by atoms with Gasteiger partial charge in [-0.05, 0) is 75.4 Å². The number of piperidine rings is 1. The minimum atomic E-state index is -4.43. The van der Waals surface area contributed by atoms with Gasteiger partial charge in [0.05, 0.1) is 17.8 Å². The van der Waals surface area contributed by atoms with Gasteiger partial charge in [-0.3, -0.25) is 14.6 Å². The molecule has 6 rings (SSSR count). The Bertz CT molecular complexity index is 1480. The zero-order chi connectivity index (χ0) is 31.0. The van der Waals surface area contributed by atoms with Crippen LogP contribution in [0.3, 0.4) is 0 Å². The third-order valence-electron chi connectivity index (χ3n) is 9.47. The van der Waals surface area contributed by atoms with Crippen LogP contribution in [-0.2, 0) is 23.9 Å². The lowest BCUT2D eigenvalue weighted by Gasteiger charge is -2.41. The molecule has 1 N–H and O–H groups in total. The summed E-state index contributed by atoms with van der Waals surface area (Å²) in [6.45, 7) is 6.38. The van der Waals surface area contributed by atoms with Crippen molar-refractivity contribution in [1.82, 2.24) is 19.4 Å². The standard InChI is InChI=1S/C33H39F3N6O2/c1-22-37-30-21-39(23(2)43)18-15-31(30)42(22)29-19-27-13-14-28(20-29)40(27)16-6-17-41(26-7-4-3-5-8-26)32(44)38-25-11-9-24(10-12-25)33(34,35)36/h3-5,7-12,27-29H,6,13-21H2,1-2H3,(H,38,44)/t27-,28-/m0/s1. The number of alkyl halides is 3. The van der Waals surface area contributed by atoms with Gasteiger partial charge >= 0.3 is 12.2 Å². The van der Waals surface area contributed by atoms with Crippen molar-refractivity contribution in [2.45, 2.75) is 83.2 Å². The third kappa shape index (κ3) is 6.20. The molecule has 3 aromatic rings. The molecule has 4 heterocycles. The fourth-order valence-corrected chi connectivity index (χ4v) is 7.42. The molecule has 0 aliphatic carbocycles. The summed E-state index contributed by atoms with van der Waals surface area (Å²) in [5.41, 5.74) is 2.62. The van der Waals surface area contributed by atoms with E-state index in [0.717, 1.165) is 81.0 Å². The van der Waals surface area contributed by atoms with Crippen LogP contribution in [0.5, 0.6) is 0 Å². The fourth-order valence-electron chi connectivity index (χ4n) is 7.42. The average Bonchev–Trinajstić information content (AvgIpc) is 3.44. The Kier molecular flexibility index (Phi) is 8.41. The molecule has 11 heteroatoms. The van der Waals surface area contributed by atoms with Crippen LogP contribution in [0.15, 0.2) is 54.6 Å². The Balaban J connectivity index is 1.09. The fraction of sp³-hybridized carbons (Fsp3) is 0.485. The highest BCUT2D eigenvalue weighted by Gasteiger charge is 2.42. The first kappa shape index (κ1) is 30.2. The maximum atomic E-state index is 13.3. The molecule has 234 valence electrons. The Hall–Kier alpha value is -3.86. The van der Waals surface area contributed by atoms with Gasteiger partial charge in [-0.2, -0.15) is 13.2 Å². The summed E-state index contributed by atoms with van der Waals surface area (Å²) >= 11 is 0. The molecule has 2 atom stereocenters. The molecular formula is C33H39F3N6O2. The van der Waals surface area contributed by atoms with Crippen LogP contribution in [0.4, 0.5) is 29.3 Å². The van der Waals surface area contributed by atoms with E-state index in [1.807, 2.05) is 35.2 Å². The molecule has 0 saturated carbocycles. The molecule has 2 bridgehead atoms. The molecule has 3 aliphatic heterocycles. The lowest BCUT2D eigenvalue weighted by molar-refractivity contribution is -0.137. The number of nitrogens with zero attached hydrogens (tertiary/aromatic N) is 5. The van der Waals surface area contributed by atoms with Crippen LogP contribution in [0.1, 0.15) is 67.8 Å². The second-order valence-electron chi connectivity index (χ2n) is 12.2. The van der Waals surface area contributed by atoms with E-state index in [4.69, 9.17) is 4.98 Å². The van der Waals surface area contributed by atoms with Crippen LogP contribution in [0.2, 0.25) is 0 Å². The number of carbonyl (C=O) groups is 2. The Morgan fingerprint density at radius 2 is 1.68 bits per heavy atom. The summed E-state index contributed by atoms with van der Waals surface area (Å²) in [5, 5.41) is 2.77. The lowest BCUT2D eigenvalue weighted by atomic mass is 9.95. The first-order chi connectivity index (χ1) is 21.1. The van der Waals surface area contributed by atoms with Gasteiger partial charge in [-0.15, -0.1) is 0 Å². The second-order valence-corrected chi connectivity index (χ2v) is 12.2. The number of carbonyl (C=O) groups excluding carboxylic acids is 2. The number of amides is 3. The van der Waals surface area contributed by atoms with Crippen molar-refractivity contribution in [3.8, 4) is 0 Å². The zero-order valence-corrected chi connectivity index (χ0v) is 25.2. The summed E-state index contributed by atoms with van der Waals surface area (Å²) in [6, 6.07) is 14.8. The van der Waals surface area contributed by atoms with Crippen LogP contribution >= 0.6 is 0 Å². The number of hydrogen-bond acceptors (Lipinski definition) is 4. The number of aromatic nitrogens is 2. The highest BCUT2D eigenvalue weighted by atomic mass is 19.4. The van der Waals surface area contributed by atoms with Crippen molar-refractivity contribution < 1.29 is 22.8 Å². The summed E-state index contributed by atoms with van der Waals surface area (Å²) in [5.74, 6) is 1.13. The predicted molar refractivity (Wildman–Crippen MR) is 162 cm³/mol. The number of nitrogens with one attached hydrogen (secondary N) is 1. The normalized spacial score (nSPS) is 21.7. The van der Waals surface area contributed by atoms with Crippen molar-refractivity contribution in [3.63, 3.8) is 0 Å². The van der Waals surface area contributed by atoms with E-state index in [-0.39, 0.29) is 11.9 Å². The van der Waals surface area contributed by atoms with E-state index < -0.39 is 11.7 Å². The summed E-state index contributed by atoms with van der Waals surface area (Å²) in [7, 11) is 0. The number of hydrogen-bond donors (Lipinski definition) is 1. The van der Waals surface area contributed by atoms with E-state index in [9.17, 15) is 22.8 Å². The average molecular weight is 609 g/mol. The third-order valence-corrected chi connectivity index (χ3v) is 9.47. The summed E-state index contributed by atoms with van der Waals surface area (Å²) in [4.78, 5) is 36.3. The number of fused-ring (bicyclic) bond motifs is 3. The summed E-state index contributed by atoms with van der Waals surface area (Å²) in [6.07, 6.45) is 1.63. The first-order valence-electron chi connectivity index (χ1n) is 15.5. The highest BCUT2D eigenvalue weighted by molar-refractivity contribution is 6.01. The summed E-state index contributed by atoms with van der Waals surface area (Å²) < 4.78 is 41.4. The number of para-hydroxylation sites is 1. The van der Waals surface area contributed by atoms with Crippen molar-refractivity contribution >= 4 is 23.3 Å². The van der Waals surface area contributed by atoms with Gasteiger partial charge in [0.25, 0.3) is 0 Å². The molecule has 0 spiro atoms. The Morgan fingerprint density at radius 3 is 2.32 bits per heavy atom. The molecule has 0 unspecified atom stereocenters. The van der Waals surface area contributed by atoms with Crippen LogP contribution in [0.25, 0.3) is 0 Å². The van der Waals surface area contributed by atoms with Crippen molar-refractivity contribution in [2.75, 3.05) is 29.9 Å². The monoisotopic (exact) mass is 608 g/mol. The molecule has 3 amide bonds. The molecular weight excluding hydrogens is 569 g/mol. The molecule has 0 radical (unpaired) electrons. The number of anilines is 2. The van der Waals surface area contributed by atoms with Gasteiger partial charge in [-0.25, -0.2) is 9.78 Å². The minimum absolute atomic E-state index is 0.0945. The topological polar surface area (TPSA) is 73.7 Å². The lowest BCUT2D eigenvalue weighted by Crippen LogP contribution is -2.45. The van der Waals surface area contributed by atoms with Gasteiger partial charge in [0.2, 0.25) is 5.91 Å². The molecule has 1 aromatic heterocycles. The predicted octanol–water partition coefficient (Wildman–Crippen LogP) is 6.41. The largest absolute Gasteiger partial charge is 0.416 e. The van der Waals surface area contributed by atoms with E-state index in [1.165, 1.54) is 17.8 Å². The first-order valence-corrected chi connectivity index (χ1v) is 15.5. The van der Waals surface area contributed by atoms with Crippen LogP contribution in [0, 0.1) is 6.92 Å². The Labute approximate surface area is 255 Å². The molecule has 3 aliphatic rings. The number of benzene rings is 2. The van der Waals surface area contributed by atoms with E-state index in [0.29, 0.717) is 36.9 Å². The maximum Gasteiger partial charge on any atom is 0.416 e. The molecule has 2 aromatic carbocycles. The van der Waals surface area contributed by atoms with E-state index >= 15 is 0 Å². The second kappa shape index (κ2) is 12.3. The molecule has 44 heavy (non-hydrogen) atoms. The number of imidazole rings is 1. The van der Waals surface area contributed by atoms with Gasteiger partial charge in [0, 0.05) is 68.2 Å². The van der Waals surface area contributed by atoms with Crippen molar-refractivity contribution in [2.24, 2.45) is 0 Å². The maximum absolute atomic E-state index is 13.3. The molecule has 2 saturated heterocycles. The van der Waals surface area contributed by atoms with Crippen LogP contribution < -0.4 is 10.2 Å². The van der Waals surface area contributed by atoms with E-state index in [2.05, 4.69) is 21.7 Å². The van der Waals surface area contributed by atoms with Gasteiger partial charge in [0.15, 0.2) is 0 Å². The number of aryl methyl sites for hydroxylation is 1. The number of rotatable bonds is 7. The van der Waals surface area contributed by atoms with Gasteiger partial charge in [-0.1, -0.05) is 18.2 Å².